The average Bonchev–Trinajstić information content (AvgIpc) is 2.99. The summed E-state index contributed by atoms with van der Waals surface area (Å²) in [6, 6.07) is 0.476. The van der Waals surface area contributed by atoms with Crippen LogP contribution in [0.5, 0.6) is 0 Å². The number of likely N-dealkylation sites (N-methyl/N-ethyl adjacent to an activating group) is 1. The molecule has 3 N–H and O–H groups in total. The van der Waals surface area contributed by atoms with Crippen LogP contribution in [0.15, 0.2) is 5.16 Å². The van der Waals surface area contributed by atoms with E-state index >= 15 is 0 Å². The minimum absolute atomic E-state index is 0.264. The number of nitrogens with zero attached hydrogens (tertiary/aromatic N) is 4. The molecule has 2 aliphatic rings. The van der Waals surface area contributed by atoms with Gasteiger partial charge in [-0.25, -0.2) is 4.68 Å². The Morgan fingerprint density at radius 1 is 1.53 bits per heavy atom. The maximum absolute atomic E-state index is 11.6. The molecule has 0 bridgehead atoms. The molecule has 2 atom stereocenters. The van der Waals surface area contributed by atoms with Crippen LogP contribution in [-0.2, 0) is 4.79 Å². The summed E-state index contributed by atoms with van der Waals surface area (Å²) in [5.41, 5.74) is 4.95. The standard InChI is InChI=1S/C11H18N6OS/c1-13-11(9(12)18)5-4-8(6-11)19-10-14-15-16-17(10)7-2-3-7/h7-8,13H,2-6H2,1H3,(H2,12,18). The van der Waals surface area contributed by atoms with Crippen LogP contribution in [0, 0.1) is 0 Å². The molecule has 2 fully saturated rings. The van der Waals surface area contributed by atoms with Crippen molar-refractivity contribution in [1.82, 2.24) is 25.5 Å². The average molecular weight is 282 g/mol. The molecule has 8 heteroatoms. The van der Waals surface area contributed by atoms with E-state index in [0.717, 1.165) is 37.3 Å². The lowest BCUT2D eigenvalue weighted by Crippen LogP contribution is -2.52. The van der Waals surface area contributed by atoms with Gasteiger partial charge in [0.2, 0.25) is 11.1 Å². The number of nitrogens with two attached hydrogens (primary N) is 1. The van der Waals surface area contributed by atoms with Crippen molar-refractivity contribution in [2.45, 2.75) is 54.1 Å². The molecule has 104 valence electrons. The SMILES string of the molecule is CNC1(C(N)=O)CCC(Sc2nnnn2C2CC2)C1. The zero-order chi connectivity index (χ0) is 13.5. The van der Waals surface area contributed by atoms with E-state index in [2.05, 4.69) is 20.8 Å². The summed E-state index contributed by atoms with van der Waals surface area (Å²) >= 11 is 1.67. The fourth-order valence-corrected chi connectivity index (χ4v) is 3.91. The molecular weight excluding hydrogens is 264 g/mol. The third-order valence-electron chi connectivity index (χ3n) is 4.05. The van der Waals surface area contributed by atoms with Crippen molar-refractivity contribution >= 4 is 17.7 Å². The maximum Gasteiger partial charge on any atom is 0.237 e. The highest BCUT2D eigenvalue weighted by molar-refractivity contribution is 7.99. The van der Waals surface area contributed by atoms with Gasteiger partial charge in [0.15, 0.2) is 0 Å². The Hall–Kier alpha value is -1.15. The zero-order valence-corrected chi connectivity index (χ0v) is 11.7. The molecule has 0 aromatic carbocycles. The van der Waals surface area contributed by atoms with Crippen molar-refractivity contribution in [3.63, 3.8) is 0 Å². The third-order valence-corrected chi connectivity index (χ3v) is 5.26. The molecule has 2 saturated carbocycles. The highest BCUT2D eigenvalue weighted by Gasteiger charge is 2.43. The van der Waals surface area contributed by atoms with Crippen molar-refractivity contribution in [2.24, 2.45) is 5.73 Å². The number of hydrogen-bond donors (Lipinski definition) is 2. The van der Waals surface area contributed by atoms with E-state index in [0.29, 0.717) is 11.3 Å². The van der Waals surface area contributed by atoms with Crippen LogP contribution in [-0.4, -0.2) is 44.0 Å². The van der Waals surface area contributed by atoms with Crippen molar-refractivity contribution in [3.8, 4) is 0 Å². The molecule has 1 amide bonds. The van der Waals surface area contributed by atoms with Crippen molar-refractivity contribution in [1.29, 1.82) is 0 Å². The molecule has 1 aromatic heterocycles. The number of tetrazole rings is 1. The van der Waals surface area contributed by atoms with Gasteiger partial charge in [-0.2, -0.15) is 0 Å². The van der Waals surface area contributed by atoms with Crippen molar-refractivity contribution < 1.29 is 4.79 Å². The van der Waals surface area contributed by atoms with Crippen LogP contribution in [0.1, 0.15) is 38.1 Å². The van der Waals surface area contributed by atoms with E-state index < -0.39 is 5.54 Å². The molecular formula is C11H18N6OS. The largest absolute Gasteiger partial charge is 0.368 e. The molecule has 19 heavy (non-hydrogen) atoms. The number of rotatable bonds is 5. The summed E-state index contributed by atoms with van der Waals surface area (Å²) in [7, 11) is 1.80. The van der Waals surface area contributed by atoms with Gasteiger partial charge in [-0.15, -0.1) is 5.10 Å². The minimum atomic E-state index is -0.560. The number of aromatic nitrogens is 4. The van der Waals surface area contributed by atoms with Crippen LogP contribution in [0.2, 0.25) is 0 Å². The fraction of sp³-hybridized carbons (Fsp3) is 0.818. The predicted molar refractivity (Wildman–Crippen MR) is 70.6 cm³/mol. The minimum Gasteiger partial charge on any atom is -0.368 e. The van der Waals surface area contributed by atoms with Gasteiger partial charge in [-0.05, 0) is 49.6 Å². The molecule has 1 aromatic rings. The number of primary amides is 1. The summed E-state index contributed by atoms with van der Waals surface area (Å²) < 4.78 is 1.91. The third kappa shape index (κ3) is 2.34. The molecule has 0 radical (unpaired) electrons. The predicted octanol–water partition coefficient (Wildman–Crippen LogP) is 0.0961. The quantitative estimate of drug-likeness (QED) is 0.794. The van der Waals surface area contributed by atoms with Crippen LogP contribution >= 0.6 is 11.8 Å². The number of hydrogen-bond acceptors (Lipinski definition) is 6. The Morgan fingerprint density at radius 2 is 2.32 bits per heavy atom. The highest BCUT2D eigenvalue weighted by Crippen LogP contribution is 2.42. The van der Waals surface area contributed by atoms with Gasteiger partial charge in [0.05, 0.1) is 11.6 Å². The van der Waals surface area contributed by atoms with Gasteiger partial charge in [0.25, 0.3) is 0 Å². The Balaban J connectivity index is 1.68. The lowest BCUT2D eigenvalue weighted by atomic mass is 9.97. The molecule has 0 spiro atoms. The van der Waals surface area contributed by atoms with Gasteiger partial charge < -0.3 is 11.1 Å². The monoisotopic (exact) mass is 282 g/mol. The number of carbonyl (C=O) groups is 1. The second kappa shape index (κ2) is 4.75. The lowest BCUT2D eigenvalue weighted by Gasteiger charge is -2.24. The van der Waals surface area contributed by atoms with Crippen LogP contribution in [0.25, 0.3) is 0 Å². The first kappa shape index (κ1) is 12.9. The fourth-order valence-electron chi connectivity index (χ4n) is 2.64. The number of amides is 1. The second-order valence-corrected chi connectivity index (χ2v) is 6.58. The van der Waals surface area contributed by atoms with Gasteiger partial charge in [0, 0.05) is 5.25 Å². The second-order valence-electron chi connectivity index (χ2n) is 5.32. The topological polar surface area (TPSA) is 98.7 Å². The van der Waals surface area contributed by atoms with Gasteiger partial charge in [0.1, 0.15) is 0 Å². The van der Waals surface area contributed by atoms with E-state index in [9.17, 15) is 4.79 Å². The summed E-state index contributed by atoms with van der Waals surface area (Å²) in [5.74, 6) is -0.264. The maximum atomic E-state index is 11.6. The summed E-state index contributed by atoms with van der Waals surface area (Å²) in [6.07, 6.45) is 4.78. The molecule has 7 nitrogen and oxygen atoms in total. The number of nitrogens with one attached hydrogen (secondary N) is 1. The first-order chi connectivity index (χ1) is 9.14. The first-order valence-corrected chi connectivity index (χ1v) is 7.46. The van der Waals surface area contributed by atoms with Gasteiger partial charge in [-0.1, -0.05) is 11.8 Å². The smallest absolute Gasteiger partial charge is 0.237 e. The Kier molecular flexibility index (Phi) is 3.22. The summed E-state index contributed by atoms with van der Waals surface area (Å²) in [4.78, 5) is 11.6. The lowest BCUT2D eigenvalue weighted by molar-refractivity contribution is -0.124. The first-order valence-electron chi connectivity index (χ1n) is 6.58. The Bertz CT molecular complexity index is 487. The normalized spacial score (nSPS) is 30.7. The number of thioether (sulfide) groups is 1. The van der Waals surface area contributed by atoms with E-state index in [1.165, 1.54) is 0 Å². The van der Waals surface area contributed by atoms with Gasteiger partial charge in [-0.3, -0.25) is 4.79 Å². The summed E-state index contributed by atoms with van der Waals surface area (Å²) in [6.45, 7) is 0. The van der Waals surface area contributed by atoms with E-state index in [-0.39, 0.29) is 5.91 Å². The van der Waals surface area contributed by atoms with Crippen molar-refractivity contribution in [2.75, 3.05) is 7.05 Å². The zero-order valence-electron chi connectivity index (χ0n) is 10.9. The molecule has 0 aliphatic heterocycles. The van der Waals surface area contributed by atoms with Crippen LogP contribution < -0.4 is 11.1 Å². The summed E-state index contributed by atoms with van der Waals surface area (Å²) in [5, 5.41) is 16.2. The molecule has 0 saturated heterocycles. The number of carbonyl (C=O) groups excluding carboxylic acids is 1. The van der Waals surface area contributed by atoms with E-state index in [4.69, 9.17) is 5.73 Å². The molecule has 2 unspecified atom stereocenters. The Morgan fingerprint density at radius 3 is 2.89 bits per heavy atom. The Labute approximate surface area is 115 Å². The molecule has 3 rings (SSSR count). The van der Waals surface area contributed by atoms with Crippen LogP contribution in [0.4, 0.5) is 0 Å². The highest BCUT2D eigenvalue weighted by atomic mass is 32.2. The molecule has 2 aliphatic carbocycles. The van der Waals surface area contributed by atoms with E-state index in [1.54, 1.807) is 18.8 Å². The molecule has 1 heterocycles. The van der Waals surface area contributed by atoms with Crippen molar-refractivity contribution in [3.05, 3.63) is 0 Å². The van der Waals surface area contributed by atoms with E-state index in [1.807, 2.05) is 4.68 Å². The van der Waals surface area contributed by atoms with Gasteiger partial charge >= 0.3 is 0 Å². The van der Waals surface area contributed by atoms with Crippen LogP contribution in [0.3, 0.4) is 0 Å².